The average molecular weight is 435 g/mol. The van der Waals surface area contributed by atoms with E-state index in [1.807, 2.05) is 80.3 Å². The number of carbonyl (C=O) groups excluding carboxylic acids is 1. The summed E-state index contributed by atoms with van der Waals surface area (Å²) in [5.74, 6) is 0.709. The zero-order valence-electron chi connectivity index (χ0n) is 18.9. The van der Waals surface area contributed by atoms with Crippen molar-refractivity contribution in [3.8, 4) is 11.3 Å². The molecule has 1 aliphatic rings. The second-order valence-electron chi connectivity index (χ2n) is 8.30. The van der Waals surface area contributed by atoms with Crippen molar-refractivity contribution >= 4 is 17.6 Å². The summed E-state index contributed by atoms with van der Waals surface area (Å²) in [6, 6.07) is 17.6. The van der Waals surface area contributed by atoms with Crippen LogP contribution in [0.5, 0.6) is 0 Å². The van der Waals surface area contributed by atoms with Gasteiger partial charge >= 0.3 is 6.03 Å². The molecule has 7 nitrogen and oxygen atoms in total. The fourth-order valence-corrected chi connectivity index (χ4v) is 3.77. The molecular weight excluding hydrogens is 404 g/mol. The molecule has 32 heavy (non-hydrogen) atoms. The number of amides is 2. The Morgan fingerprint density at radius 3 is 2.44 bits per heavy atom. The van der Waals surface area contributed by atoms with E-state index < -0.39 is 0 Å². The van der Waals surface area contributed by atoms with Crippen molar-refractivity contribution in [3.63, 3.8) is 0 Å². The summed E-state index contributed by atoms with van der Waals surface area (Å²) in [7, 11) is 0. The molecule has 2 aromatic carbocycles. The van der Waals surface area contributed by atoms with Gasteiger partial charge in [0.2, 0.25) is 5.88 Å². The summed E-state index contributed by atoms with van der Waals surface area (Å²) in [5.41, 5.74) is 4.56. The van der Waals surface area contributed by atoms with Crippen molar-refractivity contribution in [2.45, 2.75) is 33.4 Å². The van der Waals surface area contributed by atoms with Gasteiger partial charge in [-0.1, -0.05) is 53.2 Å². The summed E-state index contributed by atoms with van der Waals surface area (Å²) < 4.78 is 11.4. The molecule has 3 aromatic rings. The smallest absolute Gasteiger partial charge is 0.322 e. The number of benzene rings is 2. The Morgan fingerprint density at radius 1 is 1.09 bits per heavy atom. The van der Waals surface area contributed by atoms with Gasteiger partial charge < -0.3 is 24.4 Å². The van der Waals surface area contributed by atoms with Gasteiger partial charge in [0.15, 0.2) is 0 Å². The van der Waals surface area contributed by atoms with Gasteiger partial charge in [0.1, 0.15) is 5.69 Å². The molecule has 0 saturated carbocycles. The lowest BCUT2D eigenvalue weighted by molar-refractivity contribution is 0.119. The van der Waals surface area contributed by atoms with E-state index in [2.05, 4.69) is 15.4 Å². The van der Waals surface area contributed by atoms with E-state index in [0.717, 1.165) is 41.2 Å². The predicted octanol–water partition coefficient (Wildman–Crippen LogP) is 4.93. The summed E-state index contributed by atoms with van der Waals surface area (Å²) >= 11 is 0. The largest absolute Gasteiger partial charge is 0.378 e. The molecule has 0 atom stereocenters. The third-order valence-corrected chi connectivity index (χ3v) is 5.63. The molecule has 2 heterocycles. The summed E-state index contributed by atoms with van der Waals surface area (Å²) in [5, 5.41) is 7.43. The summed E-state index contributed by atoms with van der Waals surface area (Å²) in [6.07, 6.45) is 0. The minimum atomic E-state index is -0.156. The predicted molar refractivity (Wildman–Crippen MR) is 126 cm³/mol. The first-order chi connectivity index (χ1) is 15.5. The number of nitrogens with one attached hydrogen (secondary N) is 1. The zero-order valence-corrected chi connectivity index (χ0v) is 18.9. The first-order valence-electron chi connectivity index (χ1n) is 11.0. The lowest BCUT2D eigenvalue weighted by Gasteiger charge is -2.30. The molecule has 0 spiro atoms. The van der Waals surface area contributed by atoms with Gasteiger partial charge in [-0.25, -0.2) is 4.79 Å². The van der Waals surface area contributed by atoms with Crippen LogP contribution in [0.15, 0.2) is 59.1 Å². The Morgan fingerprint density at radius 2 is 1.78 bits per heavy atom. The molecule has 0 unspecified atom stereocenters. The second-order valence-corrected chi connectivity index (χ2v) is 8.30. The van der Waals surface area contributed by atoms with Crippen molar-refractivity contribution in [1.82, 2.24) is 10.1 Å². The van der Waals surface area contributed by atoms with E-state index in [0.29, 0.717) is 25.6 Å². The third kappa shape index (κ3) is 4.94. The van der Waals surface area contributed by atoms with E-state index in [4.69, 9.17) is 9.26 Å². The molecule has 1 aromatic heterocycles. The maximum Gasteiger partial charge on any atom is 0.322 e. The van der Waals surface area contributed by atoms with Crippen LogP contribution < -0.4 is 10.2 Å². The molecule has 1 N–H and O–H groups in total. The normalized spacial score (nSPS) is 13.9. The molecule has 1 fully saturated rings. The molecule has 4 rings (SSSR count). The van der Waals surface area contributed by atoms with Crippen molar-refractivity contribution in [2.24, 2.45) is 0 Å². The van der Waals surface area contributed by atoms with Gasteiger partial charge in [0.25, 0.3) is 0 Å². The zero-order chi connectivity index (χ0) is 22.5. The highest BCUT2D eigenvalue weighted by atomic mass is 16.5. The number of ether oxygens (including phenoxy) is 1. The number of morpholine rings is 1. The maximum atomic E-state index is 13.2. The number of hydrogen-bond donors (Lipinski definition) is 1. The number of carbonyl (C=O) groups is 1. The first kappa shape index (κ1) is 21.9. The molecule has 1 saturated heterocycles. The third-order valence-electron chi connectivity index (χ3n) is 5.63. The minimum Gasteiger partial charge on any atom is -0.378 e. The van der Waals surface area contributed by atoms with E-state index in [1.165, 1.54) is 0 Å². The number of aryl methyl sites for hydroxylation is 1. The highest BCUT2D eigenvalue weighted by Gasteiger charge is 2.28. The van der Waals surface area contributed by atoms with Crippen LogP contribution >= 0.6 is 0 Å². The SMILES string of the molecule is Cc1ccc(NC(=O)N(Cc2c(-c3ccccc3)noc2N2CCOCC2)C(C)C)cc1. The number of rotatable bonds is 6. The molecule has 0 radical (unpaired) electrons. The lowest BCUT2D eigenvalue weighted by Crippen LogP contribution is -2.41. The van der Waals surface area contributed by atoms with Crippen LogP contribution in [0.1, 0.15) is 25.0 Å². The second kappa shape index (κ2) is 9.87. The Kier molecular flexibility index (Phi) is 6.75. The molecule has 0 bridgehead atoms. The Balaban J connectivity index is 1.65. The van der Waals surface area contributed by atoms with Crippen LogP contribution in [0.2, 0.25) is 0 Å². The highest BCUT2D eigenvalue weighted by molar-refractivity contribution is 5.89. The number of anilines is 2. The Hall–Kier alpha value is -3.32. The van der Waals surface area contributed by atoms with Gasteiger partial charge in [-0.05, 0) is 32.9 Å². The first-order valence-corrected chi connectivity index (χ1v) is 11.0. The van der Waals surface area contributed by atoms with Gasteiger partial charge in [-0.2, -0.15) is 0 Å². The van der Waals surface area contributed by atoms with Gasteiger partial charge in [0.05, 0.1) is 25.3 Å². The lowest BCUT2D eigenvalue weighted by atomic mass is 10.1. The average Bonchev–Trinajstić information content (AvgIpc) is 3.23. The molecule has 168 valence electrons. The highest BCUT2D eigenvalue weighted by Crippen LogP contribution is 2.33. The van der Waals surface area contributed by atoms with Crippen LogP contribution in [0.25, 0.3) is 11.3 Å². The van der Waals surface area contributed by atoms with Gasteiger partial charge in [-0.3, -0.25) is 0 Å². The molecule has 0 aliphatic carbocycles. The fraction of sp³-hybridized carbons (Fsp3) is 0.360. The molecule has 7 heteroatoms. The van der Waals surface area contributed by atoms with Crippen LogP contribution in [0, 0.1) is 6.92 Å². The molecule has 1 aliphatic heterocycles. The van der Waals surface area contributed by atoms with Crippen molar-refractivity contribution in [3.05, 3.63) is 65.7 Å². The number of aromatic nitrogens is 1. The number of nitrogens with zero attached hydrogens (tertiary/aromatic N) is 3. The van der Waals surface area contributed by atoms with Crippen LogP contribution in [-0.4, -0.2) is 48.4 Å². The fourth-order valence-electron chi connectivity index (χ4n) is 3.77. The van der Waals surface area contributed by atoms with Crippen molar-refractivity contribution < 1.29 is 14.1 Å². The number of urea groups is 1. The monoisotopic (exact) mass is 434 g/mol. The van der Waals surface area contributed by atoms with Crippen LogP contribution in [0.4, 0.5) is 16.4 Å². The maximum absolute atomic E-state index is 13.2. The summed E-state index contributed by atoms with van der Waals surface area (Å²) in [6.45, 7) is 9.18. The van der Waals surface area contributed by atoms with Crippen molar-refractivity contribution in [1.29, 1.82) is 0 Å². The van der Waals surface area contributed by atoms with Crippen molar-refractivity contribution in [2.75, 3.05) is 36.5 Å². The standard InChI is InChI=1S/C25H30N4O3/c1-18(2)29(25(30)26-21-11-9-19(3)10-12-21)17-22-23(20-7-5-4-6-8-20)27-32-24(22)28-13-15-31-16-14-28/h4-12,18H,13-17H2,1-3H3,(H,26,30). The Bertz CT molecular complexity index is 1030. The van der Waals surface area contributed by atoms with E-state index >= 15 is 0 Å². The van der Waals surface area contributed by atoms with E-state index in [-0.39, 0.29) is 12.1 Å². The Labute approximate surface area is 188 Å². The quantitative estimate of drug-likeness (QED) is 0.596. The van der Waals surface area contributed by atoms with E-state index in [9.17, 15) is 4.79 Å². The topological polar surface area (TPSA) is 70.8 Å². The summed E-state index contributed by atoms with van der Waals surface area (Å²) in [4.78, 5) is 17.2. The number of hydrogen-bond acceptors (Lipinski definition) is 5. The van der Waals surface area contributed by atoms with Gasteiger partial charge in [0, 0.05) is 30.4 Å². The minimum absolute atomic E-state index is 0.0171. The van der Waals surface area contributed by atoms with Gasteiger partial charge in [-0.15, -0.1) is 0 Å². The molecule has 2 amide bonds. The van der Waals surface area contributed by atoms with Crippen LogP contribution in [0.3, 0.4) is 0 Å². The van der Waals surface area contributed by atoms with E-state index in [1.54, 1.807) is 0 Å². The van der Waals surface area contributed by atoms with Crippen LogP contribution in [-0.2, 0) is 11.3 Å². The molecular formula is C25H30N4O3.